The van der Waals surface area contributed by atoms with E-state index in [-0.39, 0.29) is 11.3 Å². The third-order valence-corrected chi connectivity index (χ3v) is 4.75. The summed E-state index contributed by atoms with van der Waals surface area (Å²) in [6.07, 6.45) is 3.94. The summed E-state index contributed by atoms with van der Waals surface area (Å²) in [6.45, 7) is 11.7. The van der Waals surface area contributed by atoms with Gasteiger partial charge in [0, 0.05) is 24.6 Å². The van der Waals surface area contributed by atoms with Crippen LogP contribution >= 0.6 is 0 Å². The van der Waals surface area contributed by atoms with E-state index < -0.39 is 0 Å². The first kappa shape index (κ1) is 15.3. The zero-order chi connectivity index (χ0) is 14.9. The van der Waals surface area contributed by atoms with E-state index in [0.717, 1.165) is 31.5 Å². The molecule has 1 aliphatic carbocycles. The molecule has 0 aromatic carbocycles. The van der Waals surface area contributed by atoms with Gasteiger partial charge in [-0.2, -0.15) is 5.10 Å². The van der Waals surface area contributed by atoms with Crippen LogP contribution in [0.15, 0.2) is 6.07 Å². The Labute approximate surface area is 122 Å². The van der Waals surface area contributed by atoms with Gasteiger partial charge in [-0.15, -0.1) is 0 Å². The second kappa shape index (κ2) is 5.71. The molecule has 0 N–H and O–H groups in total. The van der Waals surface area contributed by atoms with Crippen molar-refractivity contribution in [1.82, 2.24) is 9.78 Å². The first-order valence-electron chi connectivity index (χ1n) is 7.89. The molecule has 2 rings (SSSR count). The minimum absolute atomic E-state index is 0.0244. The van der Waals surface area contributed by atoms with Crippen LogP contribution in [0, 0.1) is 24.2 Å². The molecule has 1 heterocycles. The van der Waals surface area contributed by atoms with Gasteiger partial charge in [0.05, 0.1) is 5.69 Å². The third-order valence-electron chi connectivity index (χ3n) is 4.75. The molecule has 2 unspecified atom stereocenters. The minimum atomic E-state index is 0.0244. The van der Waals surface area contributed by atoms with Crippen LogP contribution in [-0.4, -0.2) is 15.6 Å². The van der Waals surface area contributed by atoms with Gasteiger partial charge in [0.1, 0.15) is 5.78 Å². The molecule has 1 aromatic heterocycles. The van der Waals surface area contributed by atoms with Crippen LogP contribution in [0.4, 0.5) is 0 Å². The van der Waals surface area contributed by atoms with Gasteiger partial charge in [-0.05, 0) is 50.5 Å². The second-order valence-corrected chi connectivity index (χ2v) is 7.16. The molecule has 3 nitrogen and oxygen atoms in total. The van der Waals surface area contributed by atoms with Crippen LogP contribution in [-0.2, 0) is 17.8 Å². The normalized spacial score (nSPS) is 24.1. The molecular formula is C17H28N2O. The highest BCUT2D eigenvalue weighted by atomic mass is 16.1. The Hall–Kier alpha value is -1.12. The van der Waals surface area contributed by atoms with Crippen LogP contribution < -0.4 is 0 Å². The van der Waals surface area contributed by atoms with Crippen LogP contribution in [0.3, 0.4) is 0 Å². The van der Waals surface area contributed by atoms with Gasteiger partial charge in [0.2, 0.25) is 0 Å². The topological polar surface area (TPSA) is 34.9 Å². The zero-order valence-corrected chi connectivity index (χ0v) is 13.6. The first-order chi connectivity index (χ1) is 9.33. The summed E-state index contributed by atoms with van der Waals surface area (Å²) in [5.74, 6) is 1.24. The Balaban J connectivity index is 2.15. The van der Waals surface area contributed by atoms with Gasteiger partial charge in [-0.3, -0.25) is 9.48 Å². The molecule has 112 valence electrons. The van der Waals surface area contributed by atoms with E-state index in [9.17, 15) is 4.79 Å². The molecule has 0 spiro atoms. The van der Waals surface area contributed by atoms with Crippen LogP contribution in [0.2, 0.25) is 0 Å². The highest BCUT2D eigenvalue weighted by molar-refractivity contribution is 5.82. The standard InChI is InChI=1S/C17H28N2O/c1-6-19-14(10-13(3)18-19)11-17(4,5)15-8-7-12(2)9-16(15)20/h10,12,15H,6-9,11H2,1-5H3. The molecule has 0 bridgehead atoms. The van der Waals surface area contributed by atoms with E-state index in [2.05, 4.69) is 43.5 Å². The first-order valence-corrected chi connectivity index (χ1v) is 7.89. The summed E-state index contributed by atoms with van der Waals surface area (Å²) in [7, 11) is 0. The number of rotatable bonds is 4. The van der Waals surface area contributed by atoms with Crippen LogP contribution in [0.25, 0.3) is 0 Å². The van der Waals surface area contributed by atoms with E-state index in [1.807, 2.05) is 6.92 Å². The molecule has 0 amide bonds. The number of aryl methyl sites for hydroxylation is 2. The molecule has 0 radical (unpaired) electrons. The summed E-state index contributed by atoms with van der Waals surface area (Å²) in [5, 5.41) is 4.52. The van der Waals surface area contributed by atoms with Crippen molar-refractivity contribution < 1.29 is 4.79 Å². The Morgan fingerprint density at radius 1 is 1.40 bits per heavy atom. The number of carbonyl (C=O) groups excluding carboxylic acids is 1. The van der Waals surface area contributed by atoms with Crippen molar-refractivity contribution in [3.8, 4) is 0 Å². The van der Waals surface area contributed by atoms with Crippen molar-refractivity contribution in [3.05, 3.63) is 17.5 Å². The predicted octanol–water partition coefficient (Wildman–Crippen LogP) is 3.79. The van der Waals surface area contributed by atoms with E-state index in [4.69, 9.17) is 0 Å². The number of ketones is 1. The highest BCUT2D eigenvalue weighted by Gasteiger charge is 2.38. The Kier molecular flexibility index (Phi) is 4.36. The Bertz CT molecular complexity index is 487. The average Bonchev–Trinajstić information content (AvgIpc) is 2.67. The zero-order valence-electron chi connectivity index (χ0n) is 13.6. The molecule has 20 heavy (non-hydrogen) atoms. The summed E-state index contributed by atoms with van der Waals surface area (Å²) in [6, 6.07) is 2.17. The Morgan fingerprint density at radius 3 is 2.70 bits per heavy atom. The fourth-order valence-corrected chi connectivity index (χ4v) is 3.63. The molecular weight excluding hydrogens is 248 g/mol. The van der Waals surface area contributed by atoms with Crippen molar-refractivity contribution >= 4 is 5.78 Å². The lowest BCUT2D eigenvalue weighted by atomic mass is 9.66. The van der Waals surface area contributed by atoms with E-state index in [1.54, 1.807) is 0 Å². The van der Waals surface area contributed by atoms with E-state index in [0.29, 0.717) is 11.7 Å². The lowest BCUT2D eigenvalue weighted by Gasteiger charge is -2.37. The monoisotopic (exact) mass is 276 g/mol. The summed E-state index contributed by atoms with van der Waals surface area (Å²) < 4.78 is 2.08. The van der Waals surface area contributed by atoms with Crippen molar-refractivity contribution in [1.29, 1.82) is 0 Å². The second-order valence-electron chi connectivity index (χ2n) is 7.16. The highest BCUT2D eigenvalue weighted by Crippen LogP contribution is 2.40. The number of aromatic nitrogens is 2. The Morgan fingerprint density at radius 2 is 2.10 bits per heavy atom. The van der Waals surface area contributed by atoms with Crippen molar-refractivity contribution in [2.75, 3.05) is 0 Å². The average molecular weight is 276 g/mol. The maximum absolute atomic E-state index is 12.4. The lowest BCUT2D eigenvalue weighted by Crippen LogP contribution is -2.37. The summed E-state index contributed by atoms with van der Waals surface area (Å²) in [4.78, 5) is 12.4. The maximum Gasteiger partial charge on any atom is 0.136 e. The fourth-order valence-electron chi connectivity index (χ4n) is 3.63. The fraction of sp³-hybridized carbons (Fsp3) is 0.765. The molecule has 3 heteroatoms. The molecule has 1 aliphatic rings. The number of hydrogen-bond acceptors (Lipinski definition) is 2. The predicted molar refractivity (Wildman–Crippen MR) is 81.6 cm³/mol. The van der Waals surface area contributed by atoms with Gasteiger partial charge < -0.3 is 0 Å². The van der Waals surface area contributed by atoms with E-state index >= 15 is 0 Å². The maximum atomic E-state index is 12.4. The number of Topliss-reactive ketones (excluding diaryl/α,β-unsaturated/α-hetero) is 1. The third kappa shape index (κ3) is 3.13. The minimum Gasteiger partial charge on any atom is -0.299 e. The van der Waals surface area contributed by atoms with Crippen molar-refractivity contribution in [3.63, 3.8) is 0 Å². The summed E-state index contributed by atoms with van der Waals surface area (Å²) in [5.41, 5.74) is 2.36. The van der Waals surface area contributed by atoms with Gasteiger partial charge >= 0.3 is 0 Å². The largest absolute Gasteiger partial charge is 0.299 e. The van der Waals surface area contributed by atoms with Gasteiger partial charge in [0.15, 0.2) is 0 Å². The SMILES string of the molecule is CCn1nc(C)cc1CC(C)(C)C1CCC(C)CC1=O. The van der Waals surface area contributed by atoms with Gasteiger partial charge in [-0.25, -0.2) is 0 Å². The number of carbonyl (C=O) groups is 1. The van der Waals surface area contributed by atoms with Gasteiger partial charge in [-0.1, -0.05) is 20.8 Å². The molecule has 0 aliphatic heterocycles. The van der Waals surface area contributed by atoms with Crippen LogP contribution in [0.1, 0.15) is 58.3 Å². The quantitative estimate of drug-likeness (QED) is 0.838. The number of hydrogen-bond donors (Lipinski definition) is 0. The van der Waals surface area contributed by atoms with Gasteiger partial charge in [0.25, 0.3) is 0 Å². The van der Waals surface area contributed by atoms with Crippen molar-refractivity contribution in [2.45, 2.75) is 66.8 Å². The number of nitrogens with zero attached hydrogens (tertiary/aromatic N) is 2. The lowest BCUT2D eigenvalue weighted by molar-refractivity contribution is -0.129. The van der Waals surface area contributed by atoms with E-state index in [1.165, 1.54) is 12.1 Å². The molecule has 1 fully saturated rings. The van der Waals surface area contributed by atoms with Crippen molar-refractivity contribution in [2.24, 2.45) is 17.3 Å². The molecule has 0 saturated heterocycles. The molecule has 1 aromatic rings. The summed E-state index contributed by atoms with van der Waals surface area (Å²) >= 11 is 0. The smallest absolute Gasteiger partial charge is 0.136 e. The van der Waals surface area contributed by atoms with Crippen LogP contribution in [0.5, 0.6) is 0 Å². The molecule has 2 atom stereocenters. The molecule has 1 saturated carbocycles.